The number of halogens is 2. The number of amides is 1. The molecule has 2 fully saturated rings. The molecule has 0 radical (unpaired) electrons. The molecule has 2 aliphatic rings. The van der Waals surface area contributed by atoms with E-state index in [1.54, 1.807) is 6.20 Å². The van der Waals surface area contributed by atoms with Gasteiger partial charge in [-0.1, -0.05) is 18.5 Å². The molecule has 0 aliphatic heterocycles. The Bertz CT molecular complexity index is 1370. The SMILES string of the molecule is C[C@]1(C(N)=O)CC[C@H](n2c(Nc3c(F)cc(C#N)cc3Cl)nc3cnc(N[C@@H]4CC[C@@H](O)C4)nc32)CC1. The number of anilines is 3. The molecule has 0 unspecified atom stereocenters. The largest absolute Gasteiger partial charge is 0.393 e. The van der Waals surface area contributed by atoms with Crippen molar-refractivity contribution in [1.29, 1.82) is 5.26 Å². The maximum absolute atomic E-state index is 14.9. The summed E-state index contributed by atoms with van der Waals surface area (Å²) in [7, 11) is 0. The second-order valence-corrected chi connectivity index (χ2v) is 10.6. The van der Waals surface area contributed by atoms with Gasteiger partial charge in [-0.05, 0) is 57.1 Å². The van der Waals surface area contributed by atoms with E-state index in [0.29, 0.717) is 55.2 Å². The molecular weight excluding hydrogens is 499 g/mol. The number of aliphatic hydroxyl groups excluding tert-OH is 1. The van der Waals surface area contributed by atoms with Crippen LogP contribution < -0.4 is 16.4 Å². The van der Waals surface area contributed by atoms with Crippen molar-refractivity contribution >= 4 is 46.3 Å². The molecule has 2 atom stereocenters. The van der Waals surface area contributed by atoms with Gasteiger partial charge in [-0.2, -0.15) is 10.2 Å². The number of carbonyl (C=O) groups is 1. The second-order valence-electron chi connectivity index (χ2n) is 10.2. The number of rotatable bonds is 6. The number of primary amides is 1. The minimum atomic E-state index is -0.680. The fourth-order valence-corrected chi connectivity index (χ4v) is 5.53. The third-order valence-electron chi connectivity index (χ3n) is 7.60. The summed E-state index contributed by atoms with van der Waals surface area (Å²) in [5, 5.41) is 25.3. The second kappa shape index (κ2) is 9.76. The first-order valence-electron chi connectivity index (χ1n) is 12.3. The summed E-state index contributed by atoms with van der Waals surface area (Å²) in [6.45, 7) is 1.88. The van der Waals surface area contributed by atoms with Gasteiger partial charge in [-0.3, -0.25) is 9.36 Å². The standard InChI is InChI=1S/C25H28ClFN8O2/c1-25(22(29)37)6-4-15(5-7-25)35-21-19(12-30-23(34-21)31-14-2-3-16(36)10-14)32-24(35)33-20-17(26)8-13(11-28)9-18(20)27/h8-9,12,14-16,36H,2-7,10H2,1H3,(H2,29,37)(H,32,33)(H,30,31,34)/t14-,15-,16-,25-/m1/s1. The molecular formula is C25H28ClFN8O2. The Kier molecular flexibility index (Phi) is 6.64. The number of nitrogens with one attached hydrogen (secondary N) is 2. The fraction of sp³-hybridized carbons (Fsp3) is 0.480. The molecule has 1 amide bonds. The van der Waals surface area contributed by atoms with Crippen LogP contribution in [-0.4, -0.2) is 42.7 Å². The van der Waals surface area contributed by atoms with Crippen LogP contribution in [0.1, 0.15) is 63.5 Å². The lowest BCUT2D eigenvalue weighted by Crippen LogP contribution is -2.38. The number of nitrogens with two attached hydrogens (primary N) is 1. The number of fused-ring (bicyclic) bond motifs is 1. The summed E-state index contributed by atoms with van der Waals surface area (Å²) in [6, 6.07) is 4.36. The highest BCUT2D eigenvalue weighted by atomic mass is 35.5. The van der Waals surface area contributed by atoms with Gasteiger partial charge in [-0.25, -0.2) is 14.4 Å². The van der Waals surface area contributed by atoms with Crippen molar-refractivity contribution in [1.82, 2.24) is 19.5 Å². The summed E-state index contributed by atoms with van der Waals surface area (Å²) in [6.07, 6.45) is 5.90. The minimum Gasteiger partial charge on any atom is -0.393 e. The van der Waals surface area contributed by atoms with E-state index in [9.17, 15) is 14.3 Å². The molecule has 1 aromatic carbocycles. The van der Waals surface area contributed by atoms with E-state index in [4.69, 9.17) is 27.6 Å². The molecule has 0 bridgehead atoms. The van der Waals surface area contributed by atoms with Crippen molar-refractivity contribution in [3.63, 3.8) is 0 Å². The molecule has 2 aromatic heterocycles. The van der Waals surface area contributed by atoms with Crippen molar-refractivity contribution in [3.05, 3.63) is 34.7 Å². The normalized spacial score (nSPS) is 25.6. The third kappa shape index (κ3) is 4.91. The average molecular weight is 527 g/mol. The highest BCUT2D eigenvalue weighted by Gasteiger charge is 2.38. The summed E-state index contributed by atoms with van der Waals surface area (Å²) in [4.78, 5) is 25.8. The molecule has 0 saturated heterocycles. The Balaban J connectivity index is 1.54. The molecule has 3 aromatic rings. The monoisotopic (exact) mass is 526 g/mol. The lowest BCUT2D eigenvalue weighted by atomic mass is 9.73. The van der Waals surface area contributed by atoms with Crippen molar-refractivity contribution in [3.8, 4) is 6.07 Å². The topological polar surface area (TPSA) is 155 Å². The van der Waals surface area contributed by atoms with E-state index < -0.39 is 11.2 Å². The van der Waals surface area contributed by atoms with Gasteiger partial charge in [0.05, 0.1) is 34.6 Å². The van der Waals surface area contributed by atoms with Crippen LogP contribution in [0.5, 0.6) is 0 Å². The van der Waals surface area contributed by atoms with E-state index in [1.807, 2.05) is 17.6 Å². The fourth-order valence-electron chi connectivity index (χ4n) is 5.28. The molecule has 37 heavy (non-hydrogen) atoms. The van der Waals surface area contributed by atoms with Crippen LogP contribution in [0.15, 0.2) is 18.3 Å². The molecule has 0 spiro atoms. The number of carbonyl (C=O) groups excluding carboxylic acids is 1. The number of nitriles is 1. The molecule has 10 nitrogen and oxygen atoms in total. The van der Waals surface area contributed by atoms with E-state index in [-0.39, 0.29) is 40.4 Å². The Morgan fingerprint density at radius 1 is 1.30 bits per heavy atom. The molecule has 12 heteroatoms. The van der Waals surface area contributed by atoms with Crippen LogP contribution in [0, 0.1) is 22.6 Å². The van der Waals surface area contributed by atoms with E-state index in [2.05, 4.69) is 20.6 Å². The smallest absolute Gasteiger partial charge is 0.224 e. The highest BCUT2D eigenvalue weighted by Crippen LogP contribution is 2.43. The summed E-state index contributed by atoms with van der Waals surface area (Å²) < 4.78 is 16.8. The third-order valence-corrected chi connectivity index (χ3v) is 7.90. The summed E-state index contributed by atoms with van der Waals surface area (Å²) >= 11 is 6.30. The molecule has 194 valence electrons. The Hall–Kier alpha value is -3.49. The maximum Gasteiger partial charge on any atom is 0.224 e. The molecule has 5 N–H and O–H groups in total. The first-order valence-corrected chi connectivity index (χ1v) is 12.7. The average Bonchev–Trinajstić information content (AvgIpc) is 3.44. The zero-order valence-electron chi connectivity index (χ0n) is 20.3. The molecule has 2 heterocycles. The van der Waals surface area contributed by atoms with E-state index in [1.165, 1.54) is 6.07 Å². The van der Waals surface area contributed by atoms with Gasteiger partial charge in [0, 0.05) is 17.5 Å². The van der Waals surface area contributed by atoms with Crippen molar-refractivity contribution in [2.75, 3.05) is 10.6 Å². The van der Waals surface area contributed by atoms with Gasteiger partial charge in [0.25, 0.3) is 0 Å². The van der Waals surface area contributed by atoms with Gasteiger partial charge in [0.2, 0.25) is 17.8 Å². The predicted molar refractivity (Wildman–Crippen MR) is 137 cm³/mol. The molecule has 2 saturated carbocycles. The predicted octanol–water partition coefficient (Wildman–Crippen LogP) is 4.17. The van der Waals surface area contributed by atoms with Crippen LogP contribution >= 0.6 is 11.6 Å². The Morgan fingerprint density at radius 3 is 2.68 bits per heavy atom. The molecule has 5 rings (SSSR count). The van der Waals surface area contributed by atoms with Crippen LogP contribution in [0.2, 0.25) is 5.02 Å². The summed E-state index contributed by atoms with van der Waals surface area (Å²) in [5.41, 5.74) is 6.24. The zero-order valence-corrected chi connectivity index (χ0v) is 21.1. The number of hydrogen-bond donors (Lipinski definition) is 4. The van der Waals surface area contributed by atoms with E-state index in [0.717, 1.165) is 18.9 Å². The summed E-state index contributed by atoms with van der Waals surface area (Å²) in [5.74, 6) is -0.254. The number of aliphatic hydroxyl groups is 1. The van der Waals surface area contributed by atoms with Crippen molar-refractivity contribution in [2.45, 2.75) is 70.1 Å². The van der Waals surface area contributed by atoms with Crippen LogP contribution in [0.3, 0.4) is 0 Å². The van der Waals surface area contributed by atoms with Crippen LogP contribution in [0.4, 0.5) is 22.0 Å². The minimum absolute atomic E-state index is 0.00116. The first-order chi connectivity index (χ1) is 17.7. The van der Waals surface area contributed by atoms with Gasteiger partial charge >= 0.3 is 0 Å². The van der Waals surface area contributed by atoms with Crippen LogP contribution in [0.25, 0.3) is 11.2 Å². The van der Waals surface area contributed by atoms with Gasteiger partial charge in [0.1, 0.15) is 11.3 Å². The number of aromatic nitrogens is 4. The Morgan fingerprint density at radius 2 is 2.05 bits per heavy atom. The number of hydrogen-bond acceptors (Lipinski definition) is 8. The Labute approximate surface area is 218 Å². The molecule has 2 aliphatic carbocycles. The number of imidazole rings is 1. The van der Waals surface area contributed by atoms with Crippen molar-refractivity contribution in [2.24, 2.45) is 11.1 Å². The van der Waals surface area contributed by atoms with Crippen molar-refractivity contribution < 1.29 is 14.3 Å². The van der Waals surface area contributed by atoms with Crippen LogP contribution in [-0.2, 0) is 4.79 Å². The highest BCUT2D eigenvalue weighted by molar-refractivity contribution is 6.33. The van der Waals surface area contributed by atoms with Gasteiger partial charge < -0.3 is 21.5 Å². The number of nitrogens with zero attached hydrogens (tertiary/aromatic N) is 5. The first kappa shape index (κ1) is 25.2. The van der Waals surface area contributed by atoms with Gasteiger partial charge in [-0.15, -0.1) is 0 Å². The maximum atomic E-state index is 14.9. The lowest BCUT2D eigenvalue weighted by molar-refractivity contribution is -0.128. The van der Waals surface area contributed by atoms with Gasteiger partial charge in [0.15, 0.2) is 5.65 Å². The number of benzene rings is 1. The van der Waals surface area contributed by atoms with E-state index >= 15 is 0 Å². The quantitative estimate of drug-likeness (QED) is 0.373. The zero-order chi connectivity index (χ0) is 26.3. The lowest BCUT2D eigenvalue weighted by Gasteiger charge is -2.35.